The Morgan fingerprint density at radius 3 is 2.70 bits per heavy atom. The Morgan fingerprint density at radius 2 is 1.95 bits per heavy atom. The number of nitrogens with zero attached hydrogens (tertiary/aromatic N) is 5. The highest BCUT2D eigenvalue weighted by atomic mass is 35.5. The summed E-state index contributed by atoms with van der Waals surface area (Å²) in [4.78, 5) is 10.4. The Kier molecular flexibility index (Phi) is 3.92. The molecule has 5 nitrogen and oxygen atoms in total. The molecule has 0 saturated carbocycles. The van der Waals surface area contributed by atoms with Crippen molar-refractivity contribution in [2.45, 2.75) is 18.9 Å². The Labute approximate surface area is 127 Å². The standard InChI is InChI=1S/C13H15Cl2N5/c1-19-4-2-10(3-5-19)20-8-9(6-17-20)12-11(14)7-16-13(15)18-12/h6-8,10H,2-5H2,1H3. The van der Waals surface area contributed by atoms with E-state index in [0.29, 0.717) is 16.8 Å². The van der Waals surface area contributed by atoms with E-state index >= 15 is 0 Å². The molecule has 3 heterocycles. The van der Waals surface area contributed by atoms with E-state index in [1.54, 1.807) is 6.20 Å². The highest BCUT2D eigenvalue weighted by Crippen LogP contribution is 2.28. The molecule has 1 aliphatic heterocycles. The molecule has 1 fully saturated rings. The van der Waals surface area contributed by atoms with E-state index in [1.807, 2.05) is 10.9 Å². The summed E-state index contributed by atoms with van der Waals surface area (Å²) in [5.41, 5.74) is 1.50. The first-order valence-electron chi connectivity index (χ1n) is 6.54. The molecule has 2 aromatic rings. The lowest BCUT2D eigenvalue weighted by Crippen LogP contribution is -2.31. The molecule has 0 bridgehead atoms. The van der Waals surface area contributed by atoms with E-state index in [0.717, 1.165) is 31.5 Å². The number of halogens is 2. The zero-order chi connectivity index (χ0) is 14.1. The Bertz CT molecular complexity index is 605. The van der Waals surface area contributed by atoms with Crippen molar-refractivity contribution in [2.24, 2.45) is 0 Å². The molecule has 0 aliphatic carbocycles. The number of hydrogen-bond donors (Lipinski definition) is 0. The van der Waals surface area contributed by atoms with Gasteiger partial charge in [-0.25, -0.2) is 9.97 Å². The highest BCUT2D eigenvalue weighted by molar-refractivity contribution is 6.33. The van der Waals surface area contributed by atoms with Crippen LogP contribution in [-0.2, 0) is 0 Å². The van der Waals surface area contributed by atoms with Crippen molar-refractivity contribution in [1.82, 2.24) is 24.6 Å². The van der Waals surface area contributed by atoms with Gasteiger partial charge in [-0.2, -0.15) is 5.10 Å². The molecule has 2 aromatic heterocycles. The van der Waals surface area contributed by atoms with Gasteiger partial charge < -0.3 is 4.90 Å². The predicted molar refractivity (Wildman–Crippen MR) is 79.0 cm³/mol. The van der Waals surface area contributed by atoms with Gasteiger partial charge in [-0.3, -0.25) is 4.68 Å². The molecule has 106 valence electrons. The van der Waals surface area contributed by atoms with Gasteiger partial charge >= 0.3 is 0 Å². The lowest BCUT2D eigenvalue weighted by Gasteiger charge is -2.28. The zero-order valence-electron chi connectivity index (χ0n) is 11.1. The van der Waals surface area contributed by atoms with Gasteiger partial charge in [0.05, 0.1) is 29.2 Å². The second kappa shape index (κ2) is 5.68. The first kappa shape index (κ1) is 13.8. The molecular weight excluding hydrogens is 297 g/mol. The minimum Gasteiger partial charge on any atom is -0.306 e. The molecular formula is C13H15Cl2N5. The van der Waals surface area contributed by atoms with Gasteiger partial charge in [0.15, 0.2) is 0 Å². The summed E-state index contributed by atoms with van der Waals surface area (Å²) in [6.07, 6.45) is 7.49. The maximum atomic E-state index is 6.12. The maximum absolute atomic E-state index is 6.12. The molecule has 1 saturated heterocycles. The molecule has 0 unspecified atom stereocenters. The van der Waals surface area contributed by atoms with Crippen molar-refractivity contribution in [1.29, 1.82) is 0 Å². The number of likely N-dealkylation sites (tertiary alicyclic amines) is 1. The van der Waals surface area contributed by atoms with Gasteiger partial charge in [0, 0.05) is 11.8 Å². The summed E-state index contributed by atoms with van der Waals surface area (Å²) in [5.74, 6) is 0. The van der Waals surface area contributed by atoms with Crippen molar-refractivity contribution in [2.75, 3.05) is 20.1 Å². The Morgan fingerprint density at radius 1 is 1.20 bits per heavy atom. The monoisotopic (exact) mass is 311 g/mol. The average Bonchev–Trinajstić information content (AvgIpc) is 2.92. The SMILES string of the molecule is CN1CCC(n2cc(-c3nc(Cl)ncc3Cl)cn2)CC1. The normalized spacial score (nSPS) is 17.6. The number of piperidine rings is 1. The molecule has 0 aromatic carbocycles. The number of aromatic nitrogens is 4. The van der Waals surface area contributed by atoms with Crippen LogP contribution in [0.1, 0.15) is 18.9 Å². The van der Waals surface area contributed by atoms with Crippen molar-refractivity contribution in [3.05, 3.63) is 28.9 Å². The summed E-state index contributed by atoms with van der Waals surface area (Å²) >= 11 is 11.9. The smallest absolute Gasteiger partial charge is 0.222 e. The van der Waals surface area contributed by atoms with Gasteiger partial charge in [0.25, 0.3) is 0 Å². The van der Waals surface area contributed by atoms with Crippen LogP contribution in [0.25, 0.3) is 11.3 Å². The highest BCUT2D eigenvalue weighted by Gasteiger charge is 2.19. The van der Waals surface area contributed by atoms with Crippen LogP contribution in [0, 0.1) is 0 Å². The van der Waals surface area contributed by atoms with Crippen LogP contribution in [-0.4, -0.2) is 44.8 Å². The molecule has 0 radical (unpaired) electrons. The maximum Gasteiger partial charge on any atom is 0.222 e. The summed E-state index contributed by atoms with van der Waals surface area (Å²) in [5, 5.41) is 5.12. The van der Waals surface area contributed by atoms with Crippen LogP contribution >= 0.6 is 23.2 Å². The topological polar surface area (TPSA) is 46.8 Å². The van der Waals surface area contributed by atoms with Gasteiger partial charge in [-0.05, 0) is 44.6 Å². The van der Waals surface area contributed by atoms with Gasteiger partial charge in [0.2, 0.25) is 5.28 Å². The van der Waals surface area contributed by atoms with Crippen LogP contribution in [0.15, 0.2) is 18.6 Å². The van der Waals surface area contributed by atoms with E-state index < -0.39 is 0 Å². The van der Waals surface area contributed by atoms with Gasteiger partial charge in [0.1, 0.15) is 0 Å². The molecule has 7 heteroatoms. The number of rotatable bonds is 2. The molecule has 20 heavy (non-hydrogen) atoms. The van der Waals surface area contributed by atoms with E-state index in [4.69, 9.17) is 23.2 Å². The summed E-state index contributed by atoms with van der Waals surface area (Å²) < 4.78 is 2.01. The average molecular weight is 312 g/mol. The lowest BCUT2D eigenvalue weighted by molar-refractivity contribution is 0.212. The third-order valence-corrected chi connectivity index (χ3v) is 4.11. The third kappa shape index (κ3) is 2.80. The summed E-state index contributed by atoms with van der Waals surface area (Å²) in [6, 6.07) is 0.441. The fraction of sp³-hybridized carbons (Fsp3) is 0.462. The molecule has 3 rings (SSSR count). The zero-order valence-corrected chi connectivity index (χ0v) is 12.6. The van der Waals surface area contributed by atoms with E-state index in [2.05, 4.69) is 27.0 Å². The van der Waals surface area contributed by atoms with E-state index in [-0.39, 0.29) is 5.28 Å². The van der Waals surface area contributed by atoms with Crippen molar-refractivity contribution >= 4 is 23.2 Å². The van der Waals surface area contributed by atoms with Crippen LogP contribution in [0.3, 0.4) is 0 Å². The fourth-order valence-electron chi connectivity index (χ4n) is 2.47. The summed E-state index contributed by atoms with van der Waals surface area (Å²) in [7, 11) is 2.15. The molecule has 0 N–H and O–H groups in total. The van der Waals surface area contributed by atoms with Crippen LogP contribution in [0.2, 0.25) is 10.3 Å². The van der Waals surface area contributed by atoms with Crippen molar-refractivity contribution in [3.63, 3.8) is 0 Å². The quantitative estimate of drug-likeness (QED) is 0.800. The fourth-order valence-corrected chi connectivity index (χ4v) is 2.80. The van der Waals surface area contributed by atoms with Crippen LogP contribution < -0.4 is 0 Å². The minimum absolute atomic E-state index is 0.191. The first-order chi connectivity index (χ1) is 9.63. The largest absolute Gasteiger partial charge is 0.306 e. The van der Waals surface area contributed by atoms with Gasteiger partial charge in [-0.15, -0.1) is 0 Å². The molecule has 0 amide bonds. The second-order valence-electron chi connectivity index (χ2n) is 5.08. The Balaban J connectivity index is 1.85. The van der Waals surface area contributed by atoms with Crippen LogP contribution in [0.5, 0.6) is 0 Å². The predicted octanol–water partition coefficient (Wildman–Crippen LogP) is 2.91. The van der Waals surface area contributed by atoms with E-state index in [9.17, 15) is 0 Å². The molecule has 0 atom stereocenters. The Hall–Kier alpha value is -1.17. The van der Waals surface area contributed by atoms with Crippen molar-refractivity contribution in [3.8, 4) is 11.3 Å². The summed E-state index contributed by atoms with van der Waals surface area (Å²) in [6.45, 7) is 2.19. The van der Waals surface area contributed by atoms with Crippen LogP contribution in [0.4, 0.5) is 0 Å². The van der Waals surface area contributed by atoms with Gasteiger partial charge in [-0.1, -0.05) is 11.6 Å². The number of hydrogen-bond acceptors (Lipinski definition) is 4. The lowest BCUT2D eigenvalue weighted by atomic mass is 10.1. The minimum atomic E-state index is 0.191. The second-order valence-corrected chi connectivity index (χ2v) is 5.82. The van der Waals surface area contributed by atoms with Crippen molar-refractivity contribution < 1.29 is 0 Å². The first-order valence-corrected chi connectivity index (χ1v) is 7.30. The third-order valence-electron chi connectivity index (χ3n) is 3.65. The molecule has 0 spiro atoms. The molecule has 1 aliphatic rings. The van der Waals surface area contributed by atoms with E-state index in [1.165, 1.54) is 6.20 Å².